The number of aryl methyl sites for hydroxylation is 4. The van der Waals surface area contributed by atoms with E-state index >= 15 is 0 Å². The first kappa shape index (κ1) is 15.3. The van der Waals surface area contributed by atoms with Gasteiger partial charge in [-0.3, -0.25) is 0 Å². The fourth-order valence-corrected chi connectivity index (χ4v) is 2.68. The minimum Gasteiger partial charge on any atom is -0.478 e. The summed E-state index contributed by atoms with van der Waals surface area (Å²) in [6, 6.07) is 9.46. The van der Waals surface area contributed by atoms with Crippen molar-refractivity contribution in [3.8, 4) is 0 Å². The first-order chi connectivity index (χ1) is 9.82. The summed E-state index contributed by atoms with van der Waals surface area (Å²) in [6.45, 7) is 7.46. The van der Waals surface area contributed by atoms with Crippen LogP contribution in [0.2, 0.25) is 0 Å². The second-order valence-corrected chi connectivity index (χ2v) is 5.56. The maximum absolute atomic E-state index is 11.6. The molecule has 0 heterocycles. The third-order valence-corrected chi connectivity index (χ3v) is 3.89. The molecule has 1 unspecified atom stereocenters. The van der Waals surface area contributed by atoms with Crippen molar-refractivity contribution < 1.29 is 15.0 Å². The van der Waals surface area contributed by atoms with Crippen LogP contribution in [0.3, 0.4) is 0 Å². The van der Waals surface area contributed by atoms with Crippen molar-refractivity contribution in [3.05, 3.63) is 69.3 Å². The van der Waals surface area contributed by atoms with Crippen LogP contribution in [-0.4, -0.2) is 16.2 Å². The Hall–Kier alpha value is -2.13. The van der Waals surface area contributed by atoms with Crippen molar-refractivity contribution in [2.75, 3.05) is 0 Å². The van der Waals surface area contributed by atoms with Crippen LogP contribution in [0.4, 0.5) is 0 Å². The van der Waals surface area contributed by atoms with Gasteiger partial charge >= 0.3 is 5.97 Å². The molecule has 0 spiro atoms. The van der Waals surface area contributed by atoms with Crippen molar-refractivity contribution in [2.45, 2.75) is 33.8 Å². The van der Waals surface area contributed by atoms with Gasteiger partial charge in [0.1, 0.15) is 6.10 Å². The number of aromatic carboxylic acids is 1. The van der Waals surface area contributed by atoms with Gasteiger partial charge in [0.15, 0.2) is 0 Å². The molecule has 2 N–H and O–H groups in total. The summed E-state index contributed by atoms with van der Waals surface area (Å²) in [5.74, 6) is -1.00. The molecule has 0 saturated carbocycles. The summed E-state index contributed by atoms with van der Waals surface area (Å²) in [6.07, 6.45) is -0.934. The zero-order valence-electron chi connectivity index (χ0n) is 12.8. The molecule has 1 atom stereocenters. The molecule has 0 bridgehead atoms. The highest BCUT2D eigenvalue weighted by Crippen LogP contribution is 2.32. The fourth-order valence-electron chi connectivity index (χ4n) is 2.68. The summed E-state index contributed by atoms with van der Waals surface area (Å²) in [5.41, 5.74) is 4.87. The molecule has 0 aliphatic rings. The summed E-state index contributed by atoms with van der Waals surface area (Å²) in [4.78, 5) is 11.6. The Morgan fingerprint density at radius 2 is 1.52 bits per heavy atom. The van der Waals surface area contributed by atoms with E-state index in [4.69, 9.17) is 0 Å². The lowest BCUT2D eigenvalue weighted by Crippen LogP contribution is -2.13. The monoisotopic (exact) mass is 284 g/mol. The normalized spacial score (nSPS) is 12.2. The molecule has 0 aromatic heterocycles. The van der Waals surface area contributed by atoms with Gasteiger partial charge in [-0.25, -0.2) is 4.79 Å². The maximum Gasteiger partial charge on any atom is 0.336 e. The van der Waals surface area contributed by atoms with Crippen molar-refractivity contribution in [3.63, 3.8) is 0 Å². The van der Waals surface area contributed by atoms with Crippen molar-refractivity contribution in [1.82, 2.24) is 0 Å². The zero-order valence-corrected chi connectivity index (χ0v) is 12.8. The number of carboxylic acid groups (broad SMARTS) is 1. The van der Waals surface area contributed by atoms with Crippen LogP contribution in [0.1, 0.15) is 49.8 Å². The Morgan fingerprint density at radius 3 is 2.14 bits per heavy atom. The van der Waals surface area contributed by atoms with Crippen LogP contribution >= 0.6 is 0 Å². The van der Waals surface area contributed by atoms with Crippen molar-refractivity contribution in [2.24, 2.45) is 0 Å². The number of aliphatic hydroxyl groups is 1. The van der Waals surface area contributed by atoms with E-state index < -0.39 is 12.1 Å². The molecule has 0 saturated heterocycles. The molecular weight excluding hydrogens is 264 g/mol. The van der Waals surface area contributed by atoms with Crippen LogP contribution in [0.15, 0.2) is 30.3 Å². The summed E-state index contributed by atoms with van der Waals surface area (Å²) in [7, 11) is 0. The Balaban J connectivity index is 2.68. The molecule has 3 nitrogen and oxygen atoms in total. The molecule has 110 valence electrons. The third kappa shape index (κ3) is 2.83. The maximum atomic E-state index is 11.6. The Labute approximate surface area is 124 Å². The molecule has 0 radical (unpaired) electrons. The van der Waals surface area contributed by atoms with Gasteiger partial charge in [0, 0.05) is 5.56 Å². The minimum atomic E-state index is -1.00. The molecule has 2 aromatic rings. The summed E-state index contributed by atoms with van der Waals surface area (Å²) in [5, 5.41) is 20.2. The molecule has 0 aliphatic carbocycles. The molecule has 0 fully saturated rings. The van der Waals surface area contributed by atoms with Crippen LogP contribution in [-0.2, 0) is 0 Å². The van der Waals surface area contributed by atoms with Gasteiger partial charge in [0.05, 0.1) is 5.56 Å². The molecular formula is C18H20O3. The van der Waals surface area contributed by atoms with E-state index in [1.165, 1.54) is 0 Å². The SMILES string of the molecule is Cc1ccc(C)c(C(O)c2c(C)ccc(C)c2C(=O)O)c1. The average molecular weight is 284 g/mol. The summed E-state index contributed by atoms with van der Waals surface area (Å²) >= 11 is 0. The minimum absolute atomic E-state index is 0.198. The van der Waals surface area contributed by atoms with Crippen LogP contribution in [0.5, 0.6) is 0 Å². The Bertz CT molecular complexity index is 702. The standard InChI is InChI=1S/C18H20O3/c1-10-5-6-11(2)14(9-10)17(19)15-12(3)7-8-13(4)16(15)18(20)21/h5-9,17,19H,1-4H3,(H,20,21). The predicted octanol–water partition coefficient (Wildman–Crippen LogP) is 3.70. The predicted molar refractivity (Wildman–Crippen MR) is 82.9 cm³/mol. The number of benzene rings is 2. The van der Waals surface area contributed by atoms with Gasteiger partial charge < -0.3 is 10.2 Å². The van der Waals surface area contributed by atoms with E-state index in [0.29, 0.717) is 11.1 Å². The van der Waals surface area contributed by atoms with Crippen molar-refractivity contribution >= 4 is 5.97 Å². The lowest BCUT2D eigenvalue weighted by molar-refractivity contribution is 0.0690. The number of carbonyl (C=O) groups is 1. The van der Waals surface area contributed by atoms with E-state index in [-0.39, 0.29) is 5.56 Å². The lowest BCUT2D eigenvalue weighted by atomic mass is 9.88. The van der Waals surface area contributed by atoms with Gasteiger partial charge in [-0.15, -0.1) is 0 Å². The smallest absolute Gasteiger partial charge is 0.336 e. The van der Waals surface area contributed by atoms with Crippen LogP contribution < -0.4 is 0 Å². The second-order valence-electron chi connectivity index (χ2n) is 5.56. The van der Waals surface area contributed by atoms with E-state index in [0.717, 1.165) is 22.3 Å². The first-order valence-corrected chi connectivity index (χ1v) is 6.91. The van der Waals surface area contributed by atoms with Crippen LogP contribution in [0.25, 0.3) is 0 Å². The quantitative estimate of drug-likeness (QED) is 0.903. The van der Waals surface area contributed by atoms with Crippen molar-refractivity contribution in [1.29, 1.82) is 0 Å². The van der Waals surface area contributed by atoms with Gasteiger partial charge in [-0.05, 0) is 49.9 Å². The number of hydrogen-bond donors (Lipinski definition) is 2. The molecule has 0 aliphatic heterocycles. The summed E-state index contributed by atoms with van der Waals surface area (Å²) < 4.78 is 0. The lowest BCUT2D eigenvalue weighted by Gasteiger charge is -2.20. The largest absolute Gasteiger partial charge is 0.478 e. The highest BCUT2D eigenvalue weighted by Gasteiger charge is 2.23. The molecule has 0 amide bonds. The van der Waals surface area contributed by atoms with Gasteiger partial charge in [-0.2, -0.15) is 0 Å². The zero-order chi connectivity index (χ0) is 15.7. The Morgan fingerprint density at radius 1 is 0.952 bits per heavy atom. The highest BCUT2D eigenvalue weighted by atomic mass is 16.4. The molecule has 2 aromatic carbocycles. The average Bonchev–Trinajstić information content (AvgIpc) is 2.42. The van der Waals surface area contributed by atoms with E-state index in [1.807, 2.05) is 45.0 Å². The number of hydrogen-bond acceptors (Lipinski definition) is 2. The second kappa shape index (κ2) is 5.70. The van der Waals surface area contributed by atoms with Crippen LogP contribution in [0, 0.1) is 27.7 Å². The third-order valence-electron chi connectivity index (χ3n) is 3.89. The molecule has 3 heteroatoms. The van der Waals surface area contributed by atoms with E-state index in [1.54, 1.807) is 13.0 Å². The molecule has 2 rings (SSSR count). The Kier molecular flexibility index (Phi) is 4.14. The number of aliphatic hydroxyl groups excluding tert-OH is 1. The molecule has 21 heavy (non-hydrogen) atoms. The number of carboxylic acids is 1. The fraction of sp³-hybridized carbons (Fsp3) is 0.278. The van der Waals surface area contributed by atoms with E-state index in [9.17, 15) is 15.0 Å². The van der Waals surface area contributed by atoms with Gasteiger partial charge in [0.25, 0.3) is 0 Å². The first-order valence-electron chi connectivity index (χ1n) is 6.91. The highest BCUT2D eigenvalue weighted by molar-refractivity contribution is 5.92. The number of rotatable bonds is 3. The topological polar surface area (TPSA) is 57.5 Å². The van der Waals surface area contributed by atoms with Gasteiger partial charge in [-0.1, -0.05) is 35.9 Å². The van der Waals surface area contributed by atoms with Gasteiger partial charge in [0.2, 0.25) is 0 Å². The van der Waals surface area contributed by atoms with E-state index in [2.05, 4.69) is 0 Å².